The van der Waals surface area contributed by atoms with E-state index >= 15 is 0 Å². The molecule has 6 rings (SSSR count). The van der Waals surface area contributed by atoms with Crippen molar-refractivity contribution < 1.29 is 18.8 Å². The third kappa shape index (κ3) is 3.32. The summed E-state index contributed by atoms with van der Waals surface area (Å²) in [5, 5.41) is 7.77. The number of carbonyl (C=O) groups excluding carboxylic acids is 2. The van der Waals surface area contributed by atoms with E-state index in [4.69, 9.17) is 9.26 Å². The Balaban J connectivity index is 1.44. The molecule has 0 spiro atoms. The zero-order valence-corrected chi connectivity index (χ0v) is 23.9. The Bertz CT molecular complexity index is 1120. The van der Waals surface area contributed by atoms with Crippen molar-refractivity contribution in [1.82, 2.24) is 10.5 Å². The van der Waals surface area contributed by atoms with Gasteiger partial charge in [0.25, 0.3) is 0 Å². The Morgan fingerprint density at radius 1 is 1.00 bits per heavy atom. The van der Waals surface area contributed by atoms with Crippen LogP contribution in [0.1, 0.15) is 104 Å². The van der Waals surface area contributed by atoms with E-state index in [0.717, 1.165) is 57.1 Å². The fourth-order valence-corrected chi connectivity index (χ4v) is 11.0. The number of nitrogens with one attached hydrogen (secondary N) is 1. The van der Waals surface area contributed by atoms with E-state index in [1.807, 2.05) is 6.20 Å². The molecular weight excluding hydrogens is 464 g/mol. The molecule has 3 saturated carbocycles. The molecule has 1 unspecified atom stereocenters. The molecule has 1 N–H and O–H groups in total. The van der Waals surface area contributed by atoms with Crippen LogP contribution in [0.2, 0.25) is 0 Å². The predicted octanol–water partition coefficient (Wildman–Crippen LogP) is 5.83. The standard InChI is InChI=1S/C31H46N2O4/c1-27(2)12-13-31(26(35)36-7)11-8-19-24(20(31)16-27)33-23(34)14-22-29(19,5)10-9-21-28(3,4)25-18(17-32-37-25)15-30(21,22)6/h17,19-22,24H,8-16H2,1-7H3,(H,33,34)/t19-,20+,21+,22+,24+,29+,30+,31?/m1/s1. The van der Waals surface area contributed by atoms with Crippen LogP contribution < -0.4 is 5.32 Å². The quantitative estimate of drug-likeness (QED) is 0.481. The first kappa shape index (κ1) is 25.4. The van der Waals surface area contributed by atoms with E-state index in [9.17, 15) is 9.59 Å². The molecule has 0 aromatic carbocycles. The monoisotopic (exact) mass is 510 g/mol. The van der Waals surface area contributed by atoms with Crippen LogP contribution in [0, 0.1) is 45.3 Å². The van der Waals surface area contributed by atoms with Gasteiger partial charge in [0.1, 0.15) is 5.76 Å². The molecule has 37 heavy (non-hydrogen) atoms. The van der Waals surface area contributed by atoms with Gasteiger partial charge in [-0.25, -0.2) is 0 Å². The number of hydrogen-bond donors (Lipinski definition) is 1. The number of esters is 1. The van der Waals surface area contributed by atoms with Crippen LogP contribution in [-0.2, 0) is 26.2 Å². The third-order valence-electron chi connectivity index (χ3n) is 12.7. The largest absolute Gasteiger partial charge is 0.469 e. The molecule has 6 nitrogen and oxygen atoms in total. The molecule has 8 atom stereocenters. The summed E-state index contributed by atoms with van der Waals surface area (Å²) >= 11 is 0. The second-order valence-electron chi connectivity index (χ2n) is 15.3. The van der Waals surface area contributed by atoms with Gasteiger partial charge in [-0.3, -0.25) is 9.59 Å². The van der Waals surface area contributed by atoms with Gasteiger partial charge in [0.2, 0.25) is 5.91 Å². The molecule has 2 heterocycles. The SMILES string of the molecule is COC(=O)C12CC[C@@H]3[C@H](NC(=O)C[C@H]4[C@@]3(C)CC[C@H]3C(C)(C)c5oncc5C[C@]43C)[C@@H]1CC(C)(C)CC2. The topological polar surface area (TPSA) is 81.4 Å². The van der Waals surface area contributed by atoms with Gasteiger partial charge >= 0.3 is 5.97 Å². The van der Waals surface area contributed by atoms with E-state index in [1.54, 1.807) is 0 Å². The first-order chi connectivity index (χ1) is 17.3. The van der Waals surface area contributed by atoms with Crippen LogP contribution in [0.5, 0.6) is 0 Å². The second kappa shape index (κ2) is 7.85. The molecule has 0 bridgehead atoms. The van der Waals surface area contributed by atoms with Gasteiger partial charge in [-0.1, -0.05) is 46.7 Å². The van der Waals surface area contributed by atoms with Gasteiger partial charge in [0.15, 0.2) is 0 Å². The zero-order chi connectivity index (χ0) is 26.6. The number of ether oxygens (including phenoxy) is 1. The van der Waals surface area contributed by atoms with Gasteiger partial charge in [-0.05, 0) is 91.3 Å². The summed E-state index contributed by atoms with van der Waals surface area (Å²) in [5.41, 5.74) is 0.816. The van der Waals surface area contributed by atoms with Crippen molar-refractivity contribution in [3.8, 4) is 0 Å². The molecule has 204 valence electrons. The molecule has 1 aliphatic heterocycles. The normalized spacial score (nSPS) is 45.6. The summed E-state index contributed by atoms with van der Waals surface area (Å²) in [5.74, 6) is 2.36. The maximum absolute atomic E-state index is 13.8. The summed E-state index contributed by atoms with van der Waals surface area (Å²) in [6.07, 6.45) is 10.4. The first-order valence-electron chi connectivity index (χ1n) is 14.6. The van der Waals surface area contributed by atoms with Crippen LogP contribution in [0.25, 0.3) is 0 Å². The Kier molecular flexibility index (Phi) is 5.39. The van der Waals surface area contributed by atoms with Gasteiger partial charge in [-0.2, -0.15) is 0 Å². The van der Waals surface area contributed by atoms with Crippen molar-refractivity contribution in [2.75, 3.05) is 7.11 Å². The van der Waals surface area contributed by atoms with Crippen LogP contribution >= 0.6 is 0 Å². The molecular formula is C31H46N2O4. The summed E-state index contributed by atoms with van der Waals surface area (Å²) in [7, 11) is 1.54. The summed E-state index contributed by atoms with van der Waals surface area (Å²) in [6, 6.07) is 0.0258. The molecule has 1 amide bonds. The average molecular weight is 511 g/mol. The van der Waals surface area contributed by atoms with Crippen molar-refractivity contribution in [2.45, 2.75) is 111 Å². The Labute approximate surface area is 222 Å². The van der Waals surface area contributed by atoms with Crippen molar-refractivity contribution >= 4 is 11.9 Å². The lowest BCUT2D eigenvalue weighted by Crippen LogP contribution is -2.64. The second-order valence-corrected chi connectivity index (χ2v) is 15.3. The fourth-order valence-electron chi connectivity index (χ4n) is 11.0. The fraction of sp³-hybridized carbons (Fsp3) is 0.839. The van der Waals surface area contributed by atoms with E-state index in [-0.39, 0.29) is 51.4 Å². The number of hydrogen-bond acceptors (Lipinski definition) is 5. The molecule has 6 heteroatoms. The Morgan fingerprint density at radius 3 is 2.49 bits per heavy atom. The van der Waals surface area contributed by atoms with Crippen molar-refractivity contribution in [1.29, 1.82) is 0 Å². The minimum Gasteiger partial charge on any atom is -0.469 e. The van der Waals surface area contributed by atoms with Gasteiger partial charge in [-0.15, -0.1) is 0 Å². The number of methoxy groups -OCH3 is 1. The lowest BCUT2D eigenvalue weighted by Gasteiger charge is -2.65. The highest BCUT2D eigenvalue weighted by molar-refractivity contribution is 5.80. The molecule has 4 fully saturated rings. The summed E-state index contributed by atoms with van der Waals surface area (Å²) < 4.78 is 11.3. The Hall–Kier alpha value is -1.85. The summed E-state index contributed by atoms with van der Waals surface area (Å²) in [6.45, 7) is 14.2. The lowest BCUT2D eigenvalue weighted by atomic mass is 9.39. The van der Waals surface area contributed by atoms with E-state index < -0.39 is 5.41 Å². The van der Waals surface area contributed by atoms with Crippen LogP contribution in [0.4, 0.5) is 0 Å². The molecule has 1 aromatic rings. The van der Waals surface area contributed by atoms with Crippen LogP contribution in [-0.4, -0.2) is 30.2 Å². The van der Waals surface area contributed by atoms with E-state index in [0.29, 0.717) is 18.3 Å². The van der Waals surface area contributed by atoms with Crippen LogP contribution in [0.15, 0.2) is 10.7 Å². The molecule has 1 aromatic heterocycles. The number of amides is 1. The smallest absolute Gasteiger partial charge is 0.312 e. The van der Waals surface area contributed by atoms with Crippen molar-refractivity contribution in [2.24, 2.45) is 45.3 Å². The number of aromatic nitrogens is 1. The number of nitrogens with zero attached hydrogens (tertiary/aromatic N) is 1. The molecule has 5 aliphatic rings. The minimum atomic E-state index is -0.472. The first-order valence-corrected chi connectivity index (χ1v) is 14.6. The maximum atomic E-state index is 13.8. The number of carbonyl (C=O) groups is 2. The van der Waals surface area contributed by atoms with Crippen LogP contribution in [0.3, 0.4) is 0 Å². The number of rotatable bonds is 1. The lowest BCUT2D eigenvalue weighted by molar-refractivity contribution is -0.177. The van der Waals surface area contributed by atoms with Crippen molar-refractivity contribution in [3.05, 3.63) is 17.5 Å². The van der Waals surface area contributed by atoms with E-state index in [1.165, 1.54) is 12.7 Å². The van der Waals surface area contributed by atoms with E-state index in [2.05, 4.69) is 52.0 Å². The molecule has 4 aliphatic carbocycles. The number of fused-ring (bicyclic) bond motifs is 8. The van der Waals surface area contributed by atoms with Gasteiger partial charge < -0.3 is 14.6 Å². The minimum absolute atomic E-state index is 0.00992. The highest BCUT2D eigenvalue weighted by Gasteiger charge is 2.67. The highest BCUT2D eigenvalue weighted by atomic mass is 16.5. The van der Waals surface area contributed by atoms with Gasteiger partial charge in [0, 0.05) is 23.4 Å². The third-order valence-corrected chi connectivity index (χ3v) is 12.7. The Morgan fingerprint density at radius 2 is 1.76 bits per heavy atom. The maximum Gasteiger partial charge on any atom is 0.312 e. The zero-order valence-electron chi connectivity index (χ0n) is 23.9. The predicted molar refractivity (Wildman–Crippen MR) is 141 cm³/mol. The highest BCUT2D eigenvalue weighted by Crippen LogP contribution is 2.69. The summed E-state index contributed by atoms with van der Waals surface area (Å²) in [4.78, 5) is 27.2. The molecule has 0 radical (unpaired) electrons. The van der Waals surface area contributed by atoms with Gasteiger partial charge in [0.05, 0.1) is 18.7 Å². The molecule has 1 saturated heterocycles. The van der Waals surface area contributed by atoms with Crippen molar-refractivity contribution in [3.63, 3.8) is 0 Å². The average Bonchev–Trinajstić information content (AvgIpc) is 3.25.